The first-order valence-electron chi connectivity index (χ1n) is 6.00. The van der Waals surface area contributed by atoms with Gasteiger partial charge in [-0.1, -0.05) is 23.7 Å². The maximum atomic E-state index is 11.7. The Balaban J connectivity index is 2.75. The van der Waals surface area contributed by atoms with Crippen LogP contribution in [-0.2, 0) is 9.53 Å². The number of carbonyl (C=O) groups excluding carboxylic acids is 2. The van der Waals surface area contributed by atoms with Gasteiger partial charge in [0.1, 0.15) is 11.9 Å². The van der Waals surface area contributed by atoms with E-state index >= 15 is 0 Å². The van der Waals surface area contributed by atoms with Gasteiger partial charge in [-0.2, -0.15) is 0 Å². The summed E-state index contributed by atoms with van der Waals surface area (Å²) < 4.78 is 5.17. The van der Waals surface area contributed by atoms with Gasteiger partial charge in [0.2, 0.25) is 0 Å². The lowest BCUT2D eigenvalue weighted by Crippen LogP contribution is -2.35. The number of alkyl carbamates (subject to hydrolysis) is 1. The Morgan fingerprint density at radius 2 is 1.95 bits per heavy atom. The molecule has 0 radical (unpaired) electrons. The van der Waals surface area contributed by atoms with E-state index in [1.807, 2.05) is 0 Å². The Hall–Kier alpha value is -1.55. The highest BCUT2D eigenvalue weighted by atomic mass is 35.5. The van der Waals surface area contributed by atoms with E-state index in [0.717, 1.165) is 11.8 Å². The molecule has 104 valence electrons. The zero-order valence-corrected chi connectivity index (χ0v) is 12.0. The Kier molecular flexibility index (Phi) is 5.36. The number of ether oxygens (including phenoxy) is 1. The third kappa shape index (κ3) is 5.75. The lowest BCUT2D eigenvalue weighted by Gasteiger charge is -2.23. The average Bonchev–Trinajstić information content (AvgIpc) is 2.27. The summed E-state index contributed by atoms with van der Waals surface area (Å²) >= 11 is 5.80. The second-order valence-corrected chi connectivity index (χ2v) is 5.59. The first-order chi connectivity index (χ1) is 8.81. The Bertz CT molecular complexity index is 437. The van der Waals surface area contributed by atoms with Crippen molar-refractivity contribution < 1.29 is 14.3 Å². The highest BCUT2D eigenvalue weighted by molar-refractivity contribution is 6.30. The fourth-order valence-corrected chi connectivity index (χ4v) is 1.65. The van der Waals surface area contributed by atoms with Crippen LogP contribution >= 0.6 is 11.6 Å². The molecule has 0 saturated heterocycles. The van der Waals surface area contributed by atoms with Crippen molar-refractivity contribution >= 4 is 24.0 Å². The summed E-state index contributed by atoms with van der Waals surface area (Å²) in [4.78, 5) is 22.4. The van der Waals surface area contributed by atoms with E-state index in [2.05, 4.69) is 5.32 Å². The normalized spacial score (nSPS) is 12.6. The Labute approximate surface area is 118 Å². The van der Waals surface area contributed by atoms with Gasteiger partial charge in [0.25, 0.3) is 0 Å². The second kappa shape index (κ2) is 6.57. The van der Waals surface area contributed by atoms with E-state index in [9.17, 15) is 9.59 Å². The van der Waals surface area contributed by atoms with Crippen molar-refractivity contribution in [2.75, 3.05) is 0 Å². The fraction of sp³-hybridized carbons (Fsp3) is 0.429. The van der Waals surface area contributed by atoms with Crippen LogP contribution in [-0.4, -0.2) is 18.0 Å². The minimum Gasteiger partial charge on any atom is -0.444 e. The highest BCUT2D eigenvalue weighted by Crippen LogP contribution is 2.19. The zero-order valence-electron chi connectivity index (χ0n) is 11.3. The molecule has 1 amide bonds. The Morgan fingerprint density at radius 1 is 1.37 bits per heavy atom. The smallest absolute Gasteiger partial charge is 0.408 e. The monoisotopic (exact) mass is 283 g/mol. The van der Waals surface area contributed by atoms with Gasteiger partial charge < -0.3 is 14.8 Å². The zero-order chi connectivity index (χ0) is 14.5. The summed E-state index contributed by atoms with van der Waals surface area (Å²) in [5.41, 5.74) is 0.234. The number of hydrogen-bond donors (Lipinski definition) is 1. The van der Waals surface area contributed by atoms with E-state index in [1.54, 1.807) is 45.0 Å². The Morgan fingerprint density at radius 3 is 2.42 bits per heavy atom. The van der Waals surface area contributed by atoms with Crippen LogP contribution in [0.3, 0.4) is 0 Å². The van der Waals surface area contributed by atoms with Crippen molar-refractivity contribution in [3.63, 3.8) is 0 Å². The van der Waals surface area contributed by atoms with Gasteiger partial charge >= 0.3 is 6.09 Å². The molecule has 0 aromatic heterocycles. The predicted octanol–water partition coefficient (Wildman–Crippen LogP) is 3.49. The van der Waals surface area contributed by atoms with Crippen molar-refractivity contribution in [3.8, 4) is 0 Å². The van der Waals surface area contributed by atoms with Gasteiger partial charge in [-0.25, -0.2) is 4.79 Å². The van der Waals surface area contributed by atoms with Crippen molar-refractivity contribution in [3.05, 3.63) is 34.9 Å². The van der Waals surface area contributed by atoms with E-state index in [0.29, 0.717) is 5.02 Å². The third-order valence-corrected chi connectivity index (χ3v) is 2.55. The van der Waals surface area contributed by atoms with Crippen LogP contribution in [0.2, 0.25) is 5.02 Å². The molecule has 1 aromatic carbocycles. The molecule has 0 spiro atoms. The summed E-state index contributed by atoms with van der Waals surface area (Å²) in [6.45, 7) is 5.34. The SMILES string of the molecule is CC(C)(C)OC(=O)N[C@H](CC=O)c1ccc(Cl)cc1. The predicted molar refractivity (Wildman–Crippen MR) is 74.2 cm³/mol. The molecular weight excluding hydrogens is 266 g/mol. The van der Waals surface area contributed by atoms with Gasteiger partial charge in [-0.15, -0.1) is 0 Å². The molecule has 0 saturated carbocycles. The van der Waals surface area contributed by atoms with Crippen LogP contribution in [0.15, 0.2) is 24.3 Å². The molecule has 0 fully saturated rings. The van der Waals surface area contributed by atoms with E-state index in [-0.39, 0.29) is 6.42 Å². The first-order valence-corrected chi connectivity index (χ1v) is 6.38. The molecule has 0 aliphatic heterocycles. The third-order valence-electron chi connectivity index (χ3n) is 2.30. The topological polar surface area (TPSA) is 55.4 Å². The van der Waals surface area contributed by atoms with Crippen LogP contribution in [0.4, 0.5) is 4.79 Å². The molecule has 4 nitrogen and oxygen atoms in total. The lowest BCUT2D eigenvalue weighted by molar-refractivity contribution is -0.108. The minimum atomic E-state index is -0.574. The number of hydrogen-bond acceptors (Lipinski definition) is 3. The van der Waals surface area contributed by atoms with Crippen LogP contribution < -0.4 is 5.32 Å². The molecular formula is C14H18ClNO3. The van der Waals surface area contributed by atoms with Gasteiger partial charge in [0.05, 0.1) is 6.04 Å². The summed E-state index contributed by atoms with van der Waals surface area (Å²) in [7, 11) is 0. The molecule has 0 aliphatic carbocycles. The molecule has 5 heteroatoms. The minimum absolute atomic E-state index is 0.181. The molecule has 0 aliphatic rings. The quantitative estimate of drug-likeness (QED) is 0.861. The average molecular weight is 284 g/mol. The van der Waals surface area contributed by atoms with Crippen LogP contribution in [0.25, 0.3) is 0 Å². The first kappa shape index (κ1) is 15.5. The van der Waals surface area contributed by atoms with Gasteiger partial charge in [0, 0.05) is 11.4 Å². The number of aldehydes is 1. The van der Waals surface area contributed by atoms with Crippen molar-refractivity contribution in [1.82, 2.24) is 5.32 Å². The largest absolute Gasteiger partial charge is 0.444 e. The molecule has 1 aromatic rings. The van der Waals surface area contributed by atoms with E-state index < -0.39 is 17.7 Å². The van der Waals surface area contributed by atoms with Crippen LogP contribution in [0.1, 0.15) is 38.8 Å². The summed E-state index contributed by atoms with van der Waals surface area (Å²) in [6, 6.07) is 6.56. The lowest BCUT2D eigenvalue weighted by atomic mass is 10.0. The van der Waals surface area contributed by atoms with Gasteiger partial charge in [-0.3, -0.25) is 0 Å². The van der Waals surface area contributed by atoms with Gasteiger partial charge in [-0.05, 0) is 38.5 Å². The fourth-order valence-electron chi connectivity index (χ4n) is 1.52. The summed E-state index contributed by atoms with van der Waals surface area (Å²) in [5, 5.41) is 3.28. The number of benzene rings is 1. The molecule has 0 heterocycles. The number of nitrogens with one attached hydrogen (secondary N) is 1. The second-order valence-electron chi connectivity index (χ2n) is 5.15. The molecule has 1 N–H and O–H groups in total. The standard InChI is InChI=1S/C14H18ClNO3/c1-14(2,3)19-13(18)16-12(8-9-17)10-4-6-11(15)7-5-10/h4-7,9,12H,8H2,1-3H3,(H,16,18)/t12-/m1/s1. The molecule has 1 atom stereocenters. The van der Waals surface area contributed by atoms with Crippen molar-refractivity contribution in [2.45, 2.75) is 38.8 Å². The molecule has 19 heavy (non-hydrogen) atoms. The summed E-state index contributed by atoms with van der Waals surface area (Å²) in [5.74, 6) is 0. The summed E-state index contributed by atoms with van der Waals surface area (Å²) in [6.07, 6.45) is 0.395. The number of carbonyl (C=O) groups is 2. The van der Waals surface area contributed by atoms with E-state index in [4.69, 9.17) is 16.3 Å². The maximum Gasteiger partial charge on any atom is 0.408 e. The van der Waals surface area contributed by atoms with Gasteiger partial charge in [0.15, 0.2) is 0 Å². The maximum absolute atomic E-state index is 11.7. The van der Waals surface area contributed by atoms with Crippen molar-refractivity contribution in [1.29, 1.82) is 0 Å². The highest BCUT2D eigenvalue weighted by Gasteiger charge is 2.20. The number of amides is 1. The number of rotatable bonds is 4. The van der Waals surface area contributed by atoms with E-state index in [1.165, 1.54) is 0 Å². The molecule has 1 rings (SSSR count). The van der Waals surface area contributed by atoms with Crippen LogP contribution in [0, 0.1) is 0 Å². The molecule has 0 unspecified atom stereocenters. The molecule has 0 bridgehead atoms. The van der Waals surface area contributed by atoms with Crippen LogP contribution in [0.5, 0.6) is 0 Å². The van der Waals surface area contributed by atoms with Crippen molar-refractivity contribution in [2.24, 2.45) is 0 Å². The number of halogens is 1.